The first-order valence-electron chi connectivity index (χ1n) is 1.68. The molecular formula is C4H3AlS. The second-order valence-corrected chi connectivity index (χ2v) is 3.04. The average molecular weight is 110 g/mol. The molecule has 0 amide bonds. The largest absolute Gasteiger partial charge is 0.193 e. The fourth-order valence-electron chi connectivity index (χ4n) is 0.291. The first-order chi connectivity index (χ1) is 2.89. The van der Waals surface area contributed by atoms with Crippen molar-refractivity contribution in [1.29, 1.82) is 0 Å². The standard InChI is InChI=1S/C4H3S.Al/c1-2-4-5-3-1;/h1-3H;. The molecule has 0 bridgehead atoms. The molecule has 0 N–H and O–H groups in total. The van der Waals surface area contributed by atoms with Crippen molar-refractivity contribution < 1.29 is 0 Å². The van der Waals surface area contributed by atoms with Crippen molar-refractivity contribution in [3.05, 3.63) is 17.5 Å². The quantitative estimate of drug-likeness (QED) is 0.428. The first-order valence-corrected chi connectivity index (χ1v) is 3.14. The Labute approximate surface area is 49.2 Å². The fraction of sp³-hybridized carbons (Fsp3) is 0. The van der Waals surface area contributed by atoms with Gasteiger partial charge in [-0.25, -0.2) is 0 Å². The summed E-state index contributed by atoms with van der Waals surface area (Å²) in [5.74, 6) is 0. The van der Waals surface area contributed by atoms with Gasteiger partial charge in [-0.3, -0.25) is 0 Å². The van der Waals surface area contributed by atoms with Crippen LogP contribution in [0, 0.1) is 0 Å². The van der Waals surface area contributed by atoms with Gasteiger partial charge in [0.1, 0.15) is 0 Å². The zero-order valence-corrected chi connectivity index (χ0v) is 5.19. The van der Waals surface area contributed by atoms with E-state index < -0.39 is 0 Å². The van der Waals surface area contributed by atoms with Crippen molar-refractivity contribution in [2.24, 2.45) is 0 Å². The highest BCUT2D eigenvalue weighted by atomic mass is 32.1. The zero-order chi connectivity index (χ0) is 4.41. The predicted molar refractivity (Wildman–Crippen MR) is 29.7 cm³/mol. The smallest absolute Gasteiger partial charge is 0.170 e. The molecule has 0 saturated carbocycles. The summed E-state index contributed by atoms with van der Waals surface area (Å²) in [5.41, 5.74) is 0. The summed E-state index contributed by atoms with van der Waals surface area (Å²) in [6.07, 6.45) is 0. The minimum Gasteiger partial charge on any atom is -0.170 e. The summed E-state index contributed by atoms with van der Waals surface area (Å²) in [6, 6.07) is 4.10. The van der Waals surface area contributed by atoms with Crippen LogP contribution < -0.4 is 3.74 Å². The molecule has 1 aromatic rings. The van der Waals surface area contributed by atoms with Gasteiger partial charge >= 0.3 is 0 Å². The average Bonchev–Trinajstić information content (AvgIpc) is 1.86. The summed E-state index contributed by atoms with van der Waals surface area (Å²) in [4.78, 5) is 0. The SMILES string of the molecule is [Al][c]1cccs1. The van der Waals surface area contributed by atoms with E-state index in [9.17, 15) is 0 Å². The van der Waals surface area contributed by atoms with Crippen molar-refractivity contribution in [2.45, 2.75) is 0 Å². The maximum atomic E-state index is 2.63. The highest BCUT2D eigenvalue weighted by Crippen LogP contribution is 1.87. The Morgan fingerprint density at radius 2 is 2.50 bits per heavy atom. The summed E-state index contributed by atoms with van der Waals surface area (Å²) in [7, 11) is 0. The summed E-state index contributed by atoms with van der Waals surface area (Å²) in [6.45, 7) is 0. The second-order valence-electron chi connectivity index (χ2n) is 1.02. The molecule has 0 atom stereocenters. The molecule has 0 fully saturated rings. The van der Waals surface area contributed by atoms with E-state index in [0.29, 0.717) is 0 Å². The molecule has 0 nitrogen and oxygen atoms in total. The lowest BCUT2D eigenvalue weighted by Crippen LogP contribution is -1.88. The summed E-state index contributed by atoms with van der Waals surface area (Å²) < 4.78 is 1.30. The van der Waals surface area contributed by atoms with Crippen molar-refractivity contribution in [3.63, 3.8) is 0 Å². The van der Waals surface area contributed by atoms with Gasteiger partial charge in [0.05, 0.1) is 0 Å². The van der Waals surface area contributed by atoms with Crippen molar-refractivity contribution in [2.75, 3.05) is 0 Å². The van der Waals surface area contributed by atoms with E-state index in [-0.39, 0.29) is 0 Å². The second kappa shape index (κ2) is 1.79. The molecule has 0 saturated heterocycles. The Morgan fingerprint density at radius 3 is 2.67 bits per heavy atom. The molecule has 6 heavy (non-hydrogen) atoms. The first kappa shape index (κ1) is 4.39. The number of rotatable bonds is 0. The van der Waals surface area contributed by atoms with Crippen LogP contribution in [-0.4, -0.2) is 16.3 Å². The summed E-state index contributed by atoms with van der Waals surface area (Å²) in [5, 5.41) is 2.06. The van der Waals surface area contributed by atoms with Gasteiger partial charge in [0.2, 0.25) is 0 Å². The lowest BCUT2D eigenvalue weighted by molar-refractivity contribution is 2.07. The number of hydrogen-bond acceptors (Lipinski definition) is 1. The number of hydrogen-bond donors (Lipinski definition) is 0. The lowest BCUT2D eigenvalue weighted by atomic mass is 10.7. The van der Waals surface area contributed by atoms with Crippen LogP contribution in [0.5, 0.6) is 0 Å². The molecule has 0 unspecified atom stereocenters. The summed E-state index contributed by atoms with van der Waals surface area (Å²) >= 11 is 4.37. The van der Waals surface area contributed by atoms with Gasteiger partial charge < -0.3 is 0 Å². The molecule has 1 heterocycles. The van der Waals surface area contributed by atoms with E-state index in [1.807, 2.05) is 6.07 Å². The van der Waals surface area contributed by atoms with E-state index in [2.05, 4.69) is 27.7 Å². The Balaban J connectivity index is 3.05. The molecule has 0 aliphatic heterocycles. The van der Waals surface area contributed by atoms with E-state index >= 15 is 0 Å². The zero-order valence-electron chi connectivity index (χ0n) is 3.22. The van der Waals surface area contributed by atoms with Gasteiger partial charge in [0, 0.05) is 0 Å². The van der Waals surface area contributed by atoms with E-state index in [1.54, 1.807) is 11.3 Å². The van der Waals surface area contributed by atoms with Crippen LogP contribution in [0.15, 0.2) is 17.5 Å². The van der Waals surface area contributed by atoms with E-state index in [1.165, 1.54) is 3.74 Å². The molecule has 0 spiro atoms. The van der Waals surface area contributed by atoms with Gasteiger partial charge in [0.25, 0.3) is 0 Å². The van der Waals surface area contributed by atoms with Crippen molar-refractivity contribution in [1.82, 2.24) is 0 Å². The van der Waals surface area contributed by atoms with Crippen LogP contribution in [0.1, 0.15) is 0 Å². The molecule has 2 radical (unpaired) electrons. The lowest BCUT2D eigenvalue weighted by Gasteiger charge is -1.67. The van der Waals surface area contributed by atoms with Gasteiger partial charge in [-0.05, 0) is 5.38 Å². The van der Waals surface area contributed by atoms with Crippen molar-refractivity contribution >= 4 is 31.4 Å². The Morgan fingerprint density at radius 1 is 1.67 bits per heavy atom. The van der Waals surface area contributed by atoms with E-state index in [0.717, 1.165) is 0 Å². The minimum atomic E-state index is 1.30. The van der Waals surface area contributed by atoms with E-state index in [4.69, 9.17) is 0 Å². The van der Waals surface area contributed by atoms with Crippen molar-refractivity contribution in [3.8, 4) is 0 Å². The van der Waals surface area contributed by atoms with Crippen LogP contribution in [0.3, 0.4) is 0 Å². The normalized spacial score (nSPS) is 8.67. The molecule has 0 aliphatic carbocycles. The van der Waals surface area contributed by atoms with Crippen LogP contribution in [-0.2, 0) is 0 Å². The molecule has 1 aromatic heterocycles. The monoisotopic (exact) mass is 110 g/mol. The highest BCUT2D eigenvalue weighted by molar-refractivity contribution is 7.18. The fourth-order valence-corrected chi connectivity index (χ4v) is 1.11. The highest BCUT2D eigenvalue weighted by Gasteiger charge is 1.73. The number of thiophene rings is 1. The maximum absolute atomic E-state index is 2.63. The molecule has 0 aromatic carbocycles. The van der Waals surface area contributed by atoms with Crippen LogP contribution in [0.25, 0.3) is 0 Å². The Hall–Kier alpha value is 0.232. The Bertz CT molecular complexity index is 111. The van der Waals surface area contributed by atoms with Crippen LogP contribution in [0.2, 0.25) is 0 Å². The maximum Gasteiger partial charge on any atom is 0.193 e. The minimum absolute atomic E-state index is 1.30. The molecule has 2 heteroatoms. The topological polar surface area (TPSA) is 0 Å². The predicted octanol–water partition coefficient (Wildman–Crippen LogP) is 0.542. The van der Waals surface area contributed by atoms with Crippen LogP contribution >= 0.6 is 11.3 Å². The van der Waals surface area contributed by atoms with Gasteiger partial charge in [-0.1, -0.05) is 15.9 Å². The van der Waals surface area contributed by atoms with Crippen LogP contribution in [0.4, 0.5) is 0 Å². The Kier molecular flexibility index (Phi) is 1.31. The van der Waals surface area contributed by atoms with Gasteiger partial charge in [-0.2, -0.15) is 11.3 Å². The molecule has 28 valence electrons. The third-order valence-corrected chi connectivity index (χ3v) is 1.85. The van der Waals surface area contributed by atoms with Gasteiger partial charge in [0.15, 0.2) is 16.3 Å². The molecule has 1 rings (SSSR count). The molecule has 0 aliphatic rings. The van der Waals surface area contributed by atoms with Gasteiger partial charge in [-0.15, -0.1) is 0 Å². The third-order valence-electron chi connectivity index (χ3n) is 0.543. The molecular weight excluding hydrogens is 107 g/mol. The third kappa shape index (κ3) is 0.845.